The van der Waals surface area contributed by atoms with Crippen LogP contribution in [-0.2, 0) is 9.53 Å². The highest BCUT2D eigenvalue weighted by molar-refractivity contribution is 7.99. The molecule has 0 aliphatic carbocycles. The molecule has 0 bridgehead atoms. The van der Waals surface area contributed by atoms with Gasteiger partial charge in [0.1, 0.15) is 5.78 Å². The molecule has 17 heavy (non-hydrogen) atoms. The van der Waals surface area contributed by atoms with Crippen LogP contribution in [-0.4, -0.2) is 25.3 Å². The van der Waals surface area contributed by atoms with Crippen molar-refractivity contribution in [3.63, 3.8) is 0 Å². The van der Waals surface area contributed by atoms with E-state index in [1.807, 2.05) is 19.1 Å². The number of Topliss-reactive ketones (excluding diaryl/α,β-unsaturated/α-hetero) is 1. The van der Waals surface area contributed by atoms with Crippen molar-refractivity contribution in [3.05, 3.63) is 29.8 Å². The molecule has 0 saturated carbocycles. The third-order valence-corrected chi connectivity index (χ3v) is 4.47. The second-order valence-corrected chi connectivity index (χ2v) is 5.55. The molecule has 92 valence electrons. The fourth-order valence-corrected chi connectivity index (χ4v) is 3.42. The second-order valence-electron chi connectivity index (χ2n) is 4.49. The standard InChI is InChI=1S/C14H18O2S/c1-10(7-8-16-2)14(15)12-9-17-13-6-4-3-5-11(12)13/h3-6,10,12H,7-9H2,1-2H3. The summed E-state index contributed by atoms with van der Waals surface area (Å²) in [5, 5.41) is 0. The Morgan fingerprint density at radius 3 is 3.06 bits per heavy atom. The molecule has 0 spiro atoms. The molecule has 1 heterocycles. The van der Waals surface area contributed by atoms with Crippen molar-refractivity contribution in [2.75, 3.05) is 19.5 Å². The van der Waals surface area contributed by atoms with Gasteiger partial charge >= 0.3 is 0 Å². The predicted molar refractivity (Wildman–Crippen MR) is 70.6 cm³/mol. The average Bonchev–Trinajstić information content (AvgIpc) is 2.78. The fraction of sp³-hybridized carbons (Fsp3) is 0.500. The summed E-state index contributed by atoms with van der Waals surface area (Å²) in [6, 6.07) is 8.24. The van der Waals surface area contributed by atoms with E-state index >= 15 is 0 Å². The number of rotatable bonds is 5. The number of carbonyl (C=O) groups excluding carboxylic acids is 1. The molecule has 1 aliphatic heterocycles. The molecule has 0 radical (unpaired) electrons. The number of hydrogen-bond donors (Lipinski definition) is 0. The summed E-state index contributed by atoms with van der Waals surface area (Å²) in [4.78, 5) is 13.6. The van der Waals surface area contributed by atoms with Crippen LogP contribution in [0.25, 0.3) is 0 Å². The Hall–Kier alpha value is -0.800. The fourth-order valence-electron chi connectivity index (χ4n) is 2.18. The number of carbonyl (C=O) groups is 1. The van der Waals surface area contributed by atoms with E-state index in [1.54, 1.807) is 18.9 Å². The zero-order valence-corrected chi connectivity index (χ0v) is 11.1. The molecule has 0 N–H and O–H groups in total. The highest BCUT2D eigenvalue weighted by Crippen LogP contribution is 2.40. The lowest BCUT2D eigenvalue weighted by Gasteiger charge is -2.15. The lowest BCUT2D eigenvalue weighted by Crippen LogP contribution is -2.21. The quantitative estimate of drug-likeness (QED) is 0.803. The molecule has 2 unspecified atom stereocenters. The smallest absolute Gasteiger partial charge is 0.144 e. The molecule has 0 saturated heterocycles. The van der Waals surface area contributed by atoms with Crippen LogP contribution in [0.4, 0.5) is 0 Å². The molecule has 0 amide bonds. The Labute approximate surface area is 107 Å². The van der Waals surface area contributed by atoms with Gasteiger partial charge in [-0.05, 0) is 18.1 Å². The van der Waals surface area contributed by atoms with Gasteiger partial charge in [-0.3, -0.25) is 4.79 Å². The molecule has 1 aliphatic rings. The number of hydrogen-bond acceptors (Lipinski definition) is 3. The van der Waals surface area contributed by atoms with Gasteiger partial charge in [-0.25, -0.2) is 0 Å². The maximum atomic E-state index is 12.3. The summed E-state index contributed by atoms with van der Waals surface area (Å²) < 4.78 is 5.04. The number of ketones is 1. The first-order valence-corrected chi connectivity index (χ1v) is 6.97. The number of thioether (sulfide) groups is 1. The largest absolute Gasteiger partial charge is 0.385 e. The van der Waals surface area contributed by atoms with Crippen molar-refractivity contribution in [3.8, 4) is 0 Å². The van der Waals surface area contributed by atoms with Crippen molar-refractivity contribution < 1.29 is 9.53 Å². The molecule has 2 rings (SSSR count). The van der Waals surface area contributed by atoms with Crippen LogP contribution in [0, 0.1) is 5.92 Å². The minimum absolute atomic E-state index is 0.0862. The van der Waals surface area contributed by atoms with Crippen molar-refractivity contribution in [2.24, 2.45) is 5.92 Å². The van der Waals surface area contributed by atoms with E-state index in [0.29, 0.717) is 12.4 Å². The summed E-state index contributed by atoms with van der Waals surface area (Å²) in [6.45, 7) is 2.67. The monoisotopic (exact) mass is 250 g/mol. The highest BCUT2D eigenvalue weighted by Gasteiger charge is 2.31. The number of fused-ring (bicyclic) bond motifs is 1. The normalized spacial score (nSPS) is 20.0. The van der Waals surface area contributed by atoms with Gasteiger partial charge in [-0.1, -0.05) is 25.1 Å². The Bertz CT molecular complexity index is 403. The first kappa shape index (κ1) is 12.7. The van der Waals surface area contributed by atoms with Gasteiger partial charge in [0.05, 0.1) is 5.92 Å². The van der Waals surface area contributed by atoms with Crippen LogP contribution in [0.1, 0.15) is 24.8 Å². The Morgan fingerprint density at radius 1 is 1.53 bits per heavy atom. The maximum Gasteiger partial charge on any atom is 0.144 e. The van der Waals surface area contributed by atoms with Crippen molar-refractivity contribution >= 4 is 17.5 Å². The van der Waals surface area contributed by atoms with Crippen LogP contribution in [0.5, 0.6) is 0 Å². The van der Waals surface area contributed by atoms with E-state index in [2.05, 4.69) is 12.1 Å². The molecular formula is C14H18O2S. The summed E-state index contributed by atoms with van der Waals surface area (Å²) in [7, 11) is 1.68. The van der Waals surface area contributed by atoms with Crippen molar-refractivity contribution in [1.82, 2.24) is 0 Å². The van der Waals surface area contributed by atoms with Gasteiger partial charge < -0.3 is 4.74 Å². The molecule has 2 atom stereocenters. The Morgan fingerprint density at radius 2 is 2.29 bits per heavy atom. The van der Waals surface area contributed by atoms with E-state index in [0.717, 1.165) is 12.2 Å². The number of ether oxygens (including phenoxy) is 1. The van der Waals surface area contributed by atoms with E-state index in [-0.39, 0.29) is 11.8 Å². The molecule has 3 heteroatoms. The summed E-state index contributed by atoms with van der Waals surface area (Å²) >= 11 is 1.79. The average molecular weight is 250 g/mol. The van der Waals surface area contributed by atoms with Gasteiger partial charge in [0, 0.05) is 30.3 Å². The lowest BCUT2D eigenvalue weighted by atomic mass is 9.88. The number of methoxy groups -OCH3 is 1. The van der Waals surface area contributed by atoms with Crippen LogP contribution < -0.4 is 0 Å². The topological polar surface area (TPSA) is 26.3 Å². The first-order chi connectivity index (χ1) is 8.24. The minimum atomic E-state index is 0.0862. The van der Waals surface area contributed by atoms with E-state index < -0.39 is 0 Å². The molecule has 2 nitrogen and oxygen atoms in total. The van der Waals surface area contributed by atoms with Gasteiger partial charge in [0.25, 0.3) is 0 Å². The molecular weight excluding hydrogens is 232 g/mol. The predicted octanol–water partition coefficient (Wildman–Crippen LogP) is 3.12. The van der Waals surface area contributed by atoms with Crippen LogP contribution in [0.15, 0.2) is 29.2 Å². The third-order valence-electron chi connectivity index (χ3n) is 3.28. The van der Waals surface area contributed by atoms with Crippen LogP contribution in [0.3, 0.4) is 0 Å². The third kappa shape index (κ3) is 2.72. The van der Waals surface area contributed by atoms with E-state index in [4.69, 9.17) is 4.74 Å². The first-order valence-electron chi connectivity index (χ1n) is 5.98. The Balaban J connectivity index is 2.07. The number of benzene rings is 1. The minimum Gasteiger partial charge on any atom is -0.385 e. The van der Waals surface area contributed by atoms with E-state index in [1.165, 1.54) is 10.5 Å². The SMILES string of the molecule is COCCC(C)C(=O)C1CSc2ccccc21. The second kappa shape index (κ2) is 5.69. The van der Waals surface area contributed by atoms with Gasteiger partial charge in [0.15, 0.2) is 0 Å². The highest BCUT2D eigenvalue weighted by atomic mass is 32.2. The van der Waals surface area contributed by atoms with Crippen LogP contribution in [0.2, 0.25) is 0 Å². The summed E-state index contributed by atoms with van der Waals surface area (Å²) in [5.41, 5.74) is 1.21. The summed E-state index contributed by atoms with van der Waals surface area (Å²) in [6.07, 6.45) is 0.818. The Kier molecular flexibility index (Phi) is 4.24. The zero-order chi connectivity index (χ0) is 12.3. The lowest BCUT2D eigenvalue weighted by molar-refractivity contribution is -0.123. The van der Waals surface area contributed by atoms with Crippen molar-refractivity contribution in [2.45, 2.75) is 24.2 Å². The van der Waals surface area contributed by atoms with Crippen molar-refractivity contribution in [1.29, 1.82) is 0 Å². The zero-order valence-electron chi connectivity index (χ0n) is 10.3. The molecule has 1 aromatic rings. The maximum absolute atomic E-state index is 12.3. The molecule has 1 aromatic carbocycles. The molecule has 0 aromatic heterocycles. The van der Waals surface area contributed by atoms with Gasteiger partial charge in [-0.2, -0.15) is 0 Å². The van der Waals surface area contributed by atoms with E-state index in [9.17, 15) is 4.79 Å². The van der Waals surface area contributed by atoms with Gasteiger partial charge in [-0.15, -0.1) is 11.8 Å². The summed E-state index contributed by atoms with van der Waals surface area (Å²) in [5.74, 6) is 1.43. The van der Waals surface area contributed by atoms with Crippen LogP contribution >= 0.6 is 11.8 Å². The molecule has 0 fully saturated rings. The van der Waals surface area contributed by atoms with Gasteiger partial charge in [0.2, 0.25) is 0 Å².